The number of rotatable bonds is 2. The number of aromatic amines is 1. The number of hydrogen-bond donors (Lipinski definition) is 2. The smallest absolute Gasteiger partial charge is 0.354 e. The molecule has 0 saturated carbocycles. The largest absolute Gasteiger partial charge is 0.477 e. The van der Waals surface area contributed by atoms with Crippen LogP contribution in [0.5, 0.6) is 0 Å². The van der Waals surface area contributed by atoms with Gasteiger partial charge in [0.1, 0.15) is 5.69 Å². The molecule has 0 bridgehead atoms. The van der Waals surface area contributed by atoms with Gasteiger partial charge in [0, 0.05) is 18.8 Å². The number of nitrogens with one attached hydrogen (secondary N) is 1. The van der Waals surface area contributed by atoms with Crippen LogP contribution in [-0.4, -0.2) is 31.1 Å². The zero-order chi connectivity index (χ0) is 10.1. The Morgan fingerprint density at radius 2 is 2.43 bits per heavy atom. The Morgan fingerprint density at radius 1 is 1.64 bits per heavy atom. The molecule has 0 spiro atoms. The molecule has 14 heavy (non-hydrogen) atoms. The van der Waals surface area contributed by atoms with Crippen molar-refractivity contribution in [1.82, 2.24) is 20.0 Å². The average Bonchev–Trinajstić information content (AvgIpc) is 2.70. The summed E-state index contributed by atoms with van der Waals surface area (Å²) in [4.78, 5) is 10.7. The van der Waals surface area contributed by atoms with Crippen molar-refractivity contribution in [3.8, 4) is 11.3 Å². The highest BCUT2D eigenvalue weighted by molar-refractivity contribution is 5.87. The molecular weight excluding hydrogens is 184 g/mol. The van der Waals surface area contributed by atoms with Crippen molar-refractivity contribution < 1.29 is 9.90 Å². The summed E-state index contributed by atoms with van der Waals surface area (Å²) < 4.78 is 1.32. The normalized spacial score (nSPS) is 10.4. The maximum atomic E-state index is 10.7. The maximum absolute atomic E-state index is 10.7. The lowest BCUT2D eigenvalue weighted by Crippen LogP contribution is -2.04. The Morgan fingerprint density at radius 3 is 2.93 bits per heavy atom. The zero-order valence-electron chi connectivity index (χ0n) is 7.43. The van der Waals surface area contributed by atoms with Gasteiger partial charge >= 0.3 is 5.97 Å². The first-order chi connectivity index (χ1) is 6.68. The van der Waals surface area contributed by atoms with Crippen molar-refractivity contribution in [3.63, 3.8) is 0 Å². The number of aryl methyl sites for hydroxylation is 1. The second kappa shape index (κ2) is 2.99. The molecule has 0 aromatic carbocycles. The van der Waals surface area contributed by atoms with E-state index in [1.807, 2.05) is 0 Å². The highest BCUT2D eigenvalue weighted by Crippen LogP contribution is 2.16. The fourth-order valence-electron chi connectivity index (χ4n) is 1.20. The molecule has 2 aromatic rings. The minimum atomic E-state index is -0.991. The van der Waals surface area contributed by atoms with E-state index in [4.69, 9.17) is 5.11 Å². The first kappa shape index (κ1) is 8.49. The number of nitrogens with zero attached hydrogens (tertiary/aromatic N) is 3. The van der Waals surface area contributed by atoms with E-state index in [-0.39, 0.29) is 5.69 Å². The summed E-state index contributed by atoms with van der Waals surface area (Å²) in [5, 5.41) is 19.2. The van der Waals surface area contributed by atoms with Gasteiger partial charge in [0.15, 0.2) is 0 Å². The molecule has 0 amide bonds. The van der Waals surface area contributed by atoms with Gasteiger partial charge in [-0.15, -0.1) is 0 Å². The van der Waals surface area contributed by atoms with Gasteiger partial charge in [-0.1, -0.05) is 0 Å². The Bertz CT molecular complexity index is 458. The highest BCUT2D eigenvalue weighted by atomic mass is 16.4. The fraction of sp³-hybridized carbons (Fsp3) is 0.125. The molecule has 0 unspecified atom stereocenters. The fourth-order valence-corrected chi connectivity index (χ4v) is 1.20. The summed E-state index contributed by atoms with van der Waals surface area (Å²) in [7, 11) is 1.59. The monoisotopic (exact) mass is 192 g/mol. The molecule has 0 aliphatic heterocycles. The van der Waals surface area contributed by atoms with Crippen LogP contribution in [0.2, 0.25) is 0 Å². The number of aromatic carboxylic acids is 1. The molecule has 2 heterocycles. The molecule has 2 rings (SSSR count). The van der Waals surface area contributed by atoms with Crippen molar-refractivity contribution in [1.29, 1.82) is 0 Å². The van der Waals surface area contributed by atoms with Gasteiger partial charge in [-0.05, 0) is 6.07 Å². The SMILES string of the molecule is Cn1nc(-c2cn[nH]c2)cc1C(=O)O. The molecule has 0 aliphatic carbocycles. The molecule has 6 heteroatoms. The van der Waals surface area contributed by atoms with Crippen molar-refractivity contribution in [2.45, 2.75) is 0 Å². The number of carboxylic acid groups (broad SMARTS) is 1. The second-order valence-corrected chi connectivity index (χ2v) is 2.83. The molecule has 0 aliphatic rings. The highest BCUT2D eigenvalue weighted by Gasteiger charge is 2.12. The summed E-state index contributed by atoms with van der Waals surface area (Å²) in [5.41, 5.74) is 1.52. The average molecular weight is 192 g/mol. The second-order valence-electron chi connectivity index (χ2n) is 2.83. The Hall–Kier alpha value is -2.11. The van der Waals surface area contributed by atoms with Gasteiger partial charge in [-0.3, -0.25) is 9.78 Å². The van der Waals surface area contributed by atoms with E-state index in [1.165, 1.54) is 10.7 Å². The Kier molecular flexibility index (Phi) is 1.81. The first-order valence-corrected chi connectivity index (χ1v) is 3.95. The van der Waals surface area contributed by atoms with Gasteiger partial charge in [-0.25, -0.2) is 4.79 Å². The molecule has 2 aromatic heterocycles. The molecule has 6 nitrogen and oxygen atoms in total. The van der Waals surface area contributed by atoms with Gasteiger partial charge in [0.2, 0.25) is 0 Å². The molecule has 72 valence electrons. The quantitative estimate of drug-likeness (QED) is 0.726. The van der Waals surface area contributed by atoms with Crippen LogP contribution in [0.1, 0.15) is 10.5 Å². The molecule has 0 radical (unpaired) electrons. The minimum Gasteiger partial charge on any atom is -0.477 e. The van der Waals surface area contributed by atoms with Gasteiger partial charge in [0.05, 0.1) is 11.9 Å². The van der Waals surface area contributed by atoms with E-state index < -0.39 is 5.97 Å². The van der Waals surface area contributed by atoms with Crippen LogP contribution >= 0.6 is 0 Å². The van der Waals surface area contributed by atoms with Crippen LogP contribution in [0.3, 0.4) is 0 Å². The van der Waals surface area contributed by atoms with E-state index in [1.54, 1.807) is 19.4 Å². The van der Waals surface area contributed by atoms with E-state index in [0.29, 0.717) is 5.69 Å². The van der Waals surface area contributed by atoms with Crippen molar-refractivity contribution in [2.75, 3.05) is 0 Å². The van der Waals surface area contributed by atoms with E-state index in [9.17, 15) is 4.79 Å². The van der Waals surface area contributed by atoms with E-state index in [2.05, 4.69) is 15.3 Å². The van der Waals surface area contributed by atoms with Crippen LogP contribution in [0.4, 0.5) is 0 Å². The minimum absolute atomic E-state index is 0.154. The summed E-state index contributed by atoms with van der Waals surface area (Å²) in [5.74, 6) is -0.991. The number of aromatic nitrogens is 4. The van der Waals surface area contributed by atoms with Gasteiger partial charge in [-0.2, -0.15) is 10.2 Å². The molecule has 0 atom stereocenters. The van der Waals surface area contributed by atoms with Crippen LogP contribution < -0.4 is 0 Å². The Labute approximate surface area is 79.2 Å². The van der Waals surface area contributed by atoms with Crippen LogP contribution in [0.15, 0.2) is 18.5 Å². The first-order valence-electron chi connectivity index (χ1n) is 3.95. The summed E-state index contributed by atoms with van der Waals surface area (Å²) in [6.07, 6.45) is 3.25. The number of H-pyrrole nitrogens is 1. The zero-order valence-corrected chi connectivity index (χ0v) is 7.43. The molecule has 0 fully saturated rings. The lowest BCUT2D eigenvalue weighted by molar-refractivity contribution is 0.0685. The number of hydrogen-bond acceptors (Lipinski definition) is 3. The topological polar surface area (TPSA) is 83.8 Å². The van der Waals surface area contributed by atoms with Crippen molar-refractivity contribution in [2.24, 2.45) is 7.05 Å². The lowest BCUT2D eigenvalue weighted by atomic mass is 10.2. The third-order valence-electron chi connectivity index (χ3n) is 1.89. The van der Waals surface area contributed by atoms with Gasteiger partial charge in [0.25, 0.3) is 0 Å². The number of carboxylic acids is 1. The summed E-state index contributed by atoms with van der Waals surface area (Å²) in [6.45, 7) is 0. The summed E-state index contributed by atoms with van der Waals surface area (Å²) in [6, 6.07) is 1.51. The van der Waals surface area contributed by atoms with Crippen LogP contribution in [-0.2, 0) is 7.05 Å². The molecular formula is C8H8N4O2. The number of carbonyl (C=O) groups is 1. The predicted molar refractivity (Wildman–Crippen MR) is 47.7 cm³/mol. The van der Waals surface area contributed by atoms with E-state index >= 15 is 0 Å². The Balaban J connectivity index is 2.48. The molecule has 0 saturated heterocycles. The lowest BCUT2D eigenvalue weighted by Gasteiger charge is -1.91. The molecule has 2 N–H and O–H groups in total. The van der Waals surface area contributed by atoms with Crippen molar-refractivity contribution in [3.05, 3.63) is 24.2 Å². The summed E-state index contributed by atoms with van der Waals surface area (Å²) >= 11 is 0. The predicted octanol–water partition coefficient (Wildman–Crippen LogP) is 0.508. The van der Waals surface area contributed by atoms with Crippen LogP contribution in [0.25, 0.3) is 11.3 Å². The van der Waals surface area contributed by atoms with Gasteiger partial charge < -0.3 is 5.11 Å². The third-order valence-corrected chi connectivity index (χ3v) is 1.89. The maximum Gasteiger partial charge on any atom is 0.354 e. The van der Waals surface area contributed by atoms with E-state index in [0.717, 1.165) is 5.56 Å². The third kappa shape index (κ3) is 1.26. The standard InChI is InChI=1S/C8H8N4O2/c1-12-7(8(13)14)2-6(11-12)5-3-9-10-4-5/h2-4H,1H3,(H,9,10)(H,13,14). The van der Waals surface area contributed by atoms with Crippen LogP contribution in [0, 0.1) is 0 Å². The van der Waals surface area contributed by atoms with Crippen molar-refractivity contribution >= 4 is 5.97 Å².